The van der Waals surface area contributed by atoms with E-state index in [0.29, 0.717) is 0 Å². The molecular formula is C7H11N3O2S2. The van der Waals surface area contributed by atoms with Crippen molar-refractivity contribution in [3.05, 3.63) is 11.2 Å². The lowest BCUT2D eigenvalue weighted by Crippen LogP contribution is -2.29. The molecule has 1 aliphatic rings. The Balaban J connectivity index is 2.16. The van der Waals surface area contributed by atoms with Crippen molar-refractivity contribution in [2.45, 2.75) is 29.6 Å². The van der Waals surface area contributed by atoms with Crippen molar-refractivity contribution in [1.82, 2.24) is 9.71 Å². The molecule has 0 amide bonds. The van der Waals surface area contributed by atoms with E-state index in [1.54, 1.807) is 6.92 Å². The second-order valence-corrected chi connectivity index (χ2v) is 6.50. The molecule has 1 aromatic heterocycles. The topological polar surface area (TPSA) is 85.1 Å². The normalized spacial score (nSPS) is 26.4. The van der Waals surface area contributed by atoms with E-state index in [-0.39, 0.29) is 16.3 Å². The number of nitrogens with zero attached hydrogens (tertiary/aromatic N) is 1. The Labute approximate surface area is 86.4 Å². The van der Waals surface area contributed by atoms with Gasteiger partial charge in [-0.05, 0) is 13.3 Å². The molecule has 0 aromatic carbocycles. The molecule has 0 aliphatic heterocycles. The molecule has 2 atom stereocenters. The Kier molecular flexibility index (Phi) is 2.34. The summed E-state index contributed by atoms with van der Waals surface area (Å²) in [5.74, 6) is 0. The summed E-state index contributed by atoms with van der Waals surface area (Å²) in [6, 6.07) is -0.124. The van der Waals surface area contributed by atoms with Gasteiger partial charge < -0.3 is 5.73 Å². The fourth-order valence-electron chi connectivity index (χ4n) is 1.07. The zero-order chi connectivity index (χ0) is 10.3. The summed E-state index contributed by atoms with van der Waals surface area (Å²) < 4.78 is 26.1. The second kappa shape index (κ2) is 3.27. The second-order valence-electron chi connectivity index (χ2n) is 3.33. The lowest BCUT2D eigenvalue weighted by molar-refractivity contribution is 0.581. The van der Waals surface area contributed by atoms with Crippen molar-refractivity contribution in [3.8, 4) is 0 Å². The molecule has 1 heterocycles. The Morgan fingerprint density at radius 1 is 1.71 bits per heavy atom. The predicted molar refractivity (Wildman–Crippen MR) is 53.6 cm³/mol. The minimum atomic E-state index is -3.38. The summed E-state index contributed by atoms with van der Waals surface area (Å²) in [6.45, 7) is 1.77. The molecule has 1 aromatic rings. The Morgan fingerprint density at radius 2 is 2.36 bits per heavy atom. The number of aryl methyl sites for hydroxylation is 1. The molecular weight excluding hydrogens is 222 g/mol. The number of hydrogen-bond donors (Lipinski definition) is 2. The third-order valence-electron chi connectivity index (χ3n) is 2.01. The van der Waals surface area contributed by atoms with Gasteiger partial charge in [-0.3, -0.25) is 0 Å². The fourth-order valence-corrected chi connectivity index (χ4v) is 3.50. The van der Waals surface area contributed by atoms with E-state index < -0.39 is 10.0 Å². The molecule has 0 bridgehead atoms. The zero-order valence-electron chi connectivity index (χ0n) is 7.60. The van der Waals surface area contributed by atoms with E-state index in [1.807, 2.05) is 0 Å². The quantitative estimate of drug-likeness (QED) is 0.759. The molecule has 2 rings (SSSR count). The van der Waals surface area contributed by atoms with Crippen LogP contribution in [0.25, 0.3) is 0 Å². The van der Waals surface area contributed by atoms with Crippen LogP contribution in [0.5, 0.6) is 0 Å². The van der Waals surface area contributed by atoms with Crippen LogP contribution in [0.2, 0.25) is 0 Å². The number of rotatable bonds is 3. The maximum Gasteiger partial charge on any atom is 0.251 e. The molecule has 14 heavy (non-hydrogen) atoms. The van der Waals surface area contributed by atoms with Crippen LogP contribution in [0.15, 0.2) is 10.4 Å². The number of thiazole rings is 1. The van der Waals surface area contributed by atoms with Crippen LogP contribution >= 0.6 is 11.3 Å². The predicted octanol–water partition coefficient (Wildman–Crippen LogP) is -0.171. The van der Waals surface area contributed by atoms with Gasteiger partial charge in [-0.1, -0.05) is 0 Å². The van der Waals surface area contributed by atoms with E-state index in [2.05, 4.69) is 9.71 Å². The molecule has 0 radical (unpaired) electrons. The van der Waals surface area contributed by atoms with E-state index in [9.17, 15) is 8.42 Å². The van der Waals surface area contributed by atoms with Crippen LogP contribution < -0.4 is 10.5 Å². The minimum Gasteiger partial charge on any atom is -0.326 e. The summed E-state index contributed by atoms with van der Waals surface area (Å²) in [5, 5.41) is 0.741. The largest absolute Gasteiger partial charge is 0.326 e. The fraction of sp³-hybridized carbons (Fsp3) is 0.571. The molecule has 3 N–H and O–H groups in total. The standard InChI is InChI=1S/C7H11N3O2S2/c1-4-9-3-7(13-4)14(11,12)10-6-2-5(6)8/h3,5-6,10H,2,8H2,1H3. The van der Waals surface area contributed by atoms with Crippen molar-refractivity contribution in [2.75, 3.05) is 0 Å². The van der Waals surface area contributed by atoms with Crippen LogP contribution in [0.3, 0.4) is 0 Å². The molecule has 1 fully saturated rings. The molecule has 0 spiro atoms. The molecule has 2 unspecified atom stereocenters. The summed E-state index contributed by atoms with van der Waals surface area (Å²) in [6.07, 6.45) is 2.09. The Hall–Kier alpha value is -0.500. The van der Waals surface area contributed by atoms with Gasteiger partial charge >= 0.3 is 0 Å². The van der Waals surface area contributed by atoms with E-state index >= 15 is 0 Å². The van der Waals surface area contributed by atoms with Gasteiger partial charge in [0, 0.05) is 12.1 Å². The number of nitrogens with two attached hydrogens (primary N) is 1. The van der Waals surface area contributed by atoms with Crippen molar-refractivity contribution in [3.63, 3.8) is 0 Å². The van der Waals surface area contributed by atoms with Crippen LogP contribution in [0.4, 0.5) is 0 Å². The van der Waals surface area contributed by atoms with Gasteiger partial charge in [-0.2, -0.15) is 0 Å². The number of aromatic nitrogens is 1. The smallest absolute Gasteiger partial charge is 0.251 e. The third-order valence-corrected chi connectivity index (χ3v) is 4.88. The average Bonchev–Trinajstić information content (AvgIpc) is 2.61. The highest BCUT2D eigenvalue weighted by Crippen LogP contribution is 2.23. The van der Waals surface area contributed by atoms with Gasteiger partial charge in [0.25, 0.3) is 10.0 Å². The van der Waals surface area contributed by atoms with Crippen LogP contribution in [-0.4, -0.2) is 25.5 Å². The number of hydrogen-bond acceptors (Lipinski definition) is 5. The van der Waals surface area contributed by atoms with E-state index in [4.69, 9.17) is 5.73 Å². The Bertz CT molecular complexity index is 440. The average molecular weight is 233 g/mol. The Morgan fingerprint density at radius 3 is 2.79 bits per heavy atom. The summed E-state index contributed by atoms with van der Waals surface area (Å²) in [5.41, 5.74) is 5.52. The van der Waals surface area contributed by atoms with Crippen LogP contribution in [-0.2, 0) is 10.0 Å². The molecule has 1 aliphatic carbocycles. The third kappa shape index (κ3) is 1.95. The summed E-state index contributed by atoms with van der Waals surface area (Å²) in [7, 11) is -3.38. The monoisotopic (exact) mass is 233 g/mol. The first kappa shape index (κ1) is 10.0. The van der Waals surface area contributed by atoms with Gasteiger partial charge in [0.1, 0.15) is 0 Å². The van der Waals surface area contributed by atoms with E-state index in [1.165, 1.54) is 6.20 Å². The highest BCUT2D eigenvalue weighted by Gasteiger charge is 2.37. The number of sulfonamides is 1. The minimum absolute atomic E-state index is 0.0289. The van der Waals surface area contributed by atoms with Gasteiger partial charge in [0.15, 0.2) is 4.21 Å². The maximum atomic E-state index is 11.6. The van der Waals surface area contributed by atoms with Gasteiger partial charge in [-0.25, -0.2) is 18.1 Å². The first-order valence-electron chi connectivity index (χ1n) is 4.19. The van der Waals surface area contributed by atoms with Gasteiger partial charge in [0.05, 0.1) is 11.2 Å². The number of nitrogens with one attached hydrogen (secondary N) is 1. The molecule has 0 saturated heterocycles. The molecule has 1 saturated carbocycles. The van der Waals surface area contributed by atoms with Crippen molar-refractivity contribution >= 4 is 21.4 Å². The molecule has 7 heteroatoms. The lowest BCUT2D eigenvalue weighted by atomic mass is 10.7. The first-order chi connectivity index (χ1) is 6.49. The maximum absolute atomic E-state index is 11.6. The van der Waals surface area contributed by atoms with E-state index in [0.717, 1.165) is 22.8 Å². The van der Waals surface area contributed by atoms with Gasteiger partial charge in [0.2, 0.25) is 0 Å². The van der Waals surface area contributed by atoms with Gasteiger partial charge in [-0.15, -0.1) is 11.3 Å². The van der Waals surface area contributed by atoms with Crippen molar-refractivity contribution in [2.24, 2.45) is 5.73 Å². The van der Waals surface area contributed by atoms with Crippen LogP contribution in [0.1, 0.15) is 11.4 Å². The first-order valence-corrected chi connectivity index (χ1v) is 6.49. The molecule has 5 nitrogen and oxygen atoms in total. The van der Waals surface area contributed by atoms with Crippen molar-refractivity contribution < 1.29 is 8.42 Å². The van der Waals surface area contributed by atoms with Crippen LogP contribution in [0, 0.1) is 6.92 Å². The summed E-state index contributed by atoms with van der Waals surface area (Å²) >= 11 is 1.16. The van der Waals surface area contributed by atoms with Crippen molar-refractivity contribution in [1.29, 1.82) is 0 Å². The zero-order valence-corrected chi connectivity index (χ0v) is 9.23. The molecule has 78 valence electrons. The highest BCUT2D eigenvalue weighted by molar-refractivity contribution is 7.91. The highest BCUT2D eigenvalue weighted by atomic mass is 32.2. The SMILES string of the molecule is Cc1ncc(S(=O)(=O)NC2CC2N)s1. The summed E-state index contributed by atoms with van der Waals surface area (Å²) in [4.78, 5) is 3.90. The lowest BCUT2D eigenvalue weighted by Gasteiger charge is -2.01.